The van der Waals surface area contributed by atoms with Crippen LogP contribution in [0.15, 0.2) is 38.3 Å². The monoisotopic (exact) mass is 512 g/mol. The van der Waals surface area contributed by atoms with Gasteiger partial charge in [-0.2, -0.15) is 4.98 Å². The zero-order valence-corrected chi connectivity index (χ0v) is 21.6. The molecule has 11 heteroatoms. The molecule has 5 aromatic rings. The molecule has 0 amide bonds. The molecule has 0 aliphatic carbocycles. The van der Waals surface area contributed by atoms with Crippen LogP contribution in [0.2, 0.25) is 0 Å². The van der Waals surface area contributed by atoms with Gasteiger partial charge in [-0.1, -0.05) is 18.1 Å². The molecule has 0 saturated carbocycles. The van der Waals surface area contributed by atoms with Gasteiger partial charge in [0.1, 0.15) is 16.9 Å². The molecule has 0 radical (unpaired) electrons. The van der Waals surface area contributed by atoms with Crippen LogP contribution >= 0.6 is 0 Å². The van der Waals surface area contributed by atoms with Crippen LogP contribution in [0, 0.1) is 18.8 Å². The molecule has 11 nitrogen and oxygen atoms in total. The van der Waals surface area contributed by atoms with Gasteiger partial charge in [0.05, 0.1) is 18.8 Å². The Morgan fingerprint density at radius 3 is 2.76 bits per heavy atom. The number of hydrogen-bond donors (Lipinski definition) is 1. The summed E-state index contributed by atoms with van der Waals surface area (Å²) in [6, 6.07) is 7.62. The summed E-state index contributed by atoms with van der Waals surface area (Å²) in [7, 11) is 1.62. The number of para-hydroxylation sites is 1. The van der Waals surface area contributed by atoms with E-state index in [1.807, 2.05) is 31.2 Å². The normalized spacial score (nSPS) is 15.9. The van der Waals surface area contributed by atoms with Crippen LogP contribution in [0.25, 0.3) is 33.2 Å². The van der Waals surface area contributed by atoms with Crippen molar-refractivity contribution in [3.63, 3.8) is 0 Å². The maximum Gasteiger partial charge on any atom is 0.332 e. The van der Waals surface area contributed by atoms with Gasteiger partial charge in [-0.3, -0.25) is 18.5 Å². The lowest BCUT2D eigenvalue weighted by atomic mass is 10.1. The van der Waals surface area contributed by atoms with Crippen molar-refractivity contribution >= 4 is 39.2 Å². The number of aryl methyl sites for hydroxylation is 2. The molecular formula is C27H28N8O3. The molecular weight excluding hydrogens is 484 g/mol. The smallest absolute Gasteiger partial charge is 0.332 e. The number of benzene rings is 1. The van der Waals surface area contributed by atoms with E-state index in [9.17, 15) is 9.59 Å². The van der Waals surface area contributed by atoms with Gasteiger partial charge in [-0.25, -0.2) is 14.8 Å². The van der Waals surface area contributed by atoms with Crippen molar-refractivity contribution in [3.05, 3.63) is 56.6 Å². The van der Waals surface area contributed by atoms with E-state index in [-0.39, 0.29) is 19.1 Å². The highest BCUT2D eigenvalue weighted by molar-refractivity contribution is 6.02. The van der Waals surface area contributed by atoms with E-state index < -0.39 is 11.2 Å². The number of nitrogens with two attached hydrogens (primary N) is 1. The van der Waals surface area contributed by atoms with Gasteiger partial charge in [0.25, 0.3) is 5.56 Å². The SMILES string of the molecule is CC#CCn1c(N2CCCC(N)C2)nc2c1c(=O)n(Cc1nc(C)c3oc4ccccc4c3n1)c(=O)n2C. The van der Waals surface area contributed by atoms with Gasteiger partial charge in [0, 0.05) is 31.6 Å². The van der Waals surface area contributed by atoms with E-state index in [2.05, 4.69) is 21.7 Å². The second kappa shape index (κ2) is 9.15. The summed E-state index contributed by atoms with van der Waals surface area (Å²) in [6.07, 6.45) is 1.86. The summed E-state index contributed by atoms with van der Waals surface area (Å²) in [5.74, 6) is 6.89. The molecule has 1 saturated heterocycles. The van der Waals surface area contributed by atoms with E-state index in [0.29, 0.717) is 51.9 Å². The molecule has 1 fully saturated rings. The van der Waals surface area contributed by atoms with Gasteiger partial charge in [0.2, 0.25) is 5.95 Å². The molecule has 6 rings (SSSR count). The minimum Gasteiger partial charge on any atom is -0.452 e. The number of nitrogens with zero attached hydrogens (tertiary/aromatic N) is 7. The van der Waals surface area contributed by atoms with Crippen molar-refractivity contribution in [1.29, 1.82) is 0 Å². The second-order valence-corrected chi connectivity index (χ2v) is 9.68. The van der Waals surface area contributed by atoms with Crippen LogP contribution in [-0.4, -0.2) is 47.8 Å². The average Bonchev–Trinajstić information content (AvgIpc) is 3.48. The topological polar surface area (TPSA) is 130 Å². The highest BCUT2D eigenvalue weighted by atomic mass is 16.3. The Balaban J connectivity index is 1.53. The molecule has 0 bridgehead atoms. The molecule has 2 N–H and O–H groups in total. The van der Waals surface area contributed by atoms with Crippen molar-refractivity contribution in [2.75, 3.05) is 18.0 Å². The summed E-state index contributed by atoms with van der Waals surface area (Å²) >= 11 is 0. The summed E-state index contributed by atoms with van der Waals surface area (Å²) in [5, 5.41) is 0.852. The summed E-state index contributed by atoms with van der Waals surface area (Å²) < 4.78 is 10.3. The molecule has 1 aromatic carbocycles. The summed E-state index contributed by atoms with van der Waals surface area (Å²) in [6.45, 7) is 5.14. The fourth-order valence-electron chi connectivity index (χ4n) is 5.24. The predicted octanol–water partition coefficient (Wildman–Crippen LogP) is 1.89. The third kappa shape index (κ3) is 3.76. The molecule has 194 valence electrons. The number of rotatable bonds is 4. The van der Waals surface area contributed by atoms with E-state index in [4.69, 9.17) is 20.1 Å². The number of anilines is 1. The molecule has 4 aromatic heterocycles. The van der Waals surface area contributed by atoms with Gasteiger partial charge in [-0.15, -0.1) is 5.92 Å². The third-order valence-electron chi connectivity index (χ3n) is 7.10. The molecule has 1 aliphatic heterocycles. The van der Waals surface area contributed by atoms with Crippen LogP contribution in [0.1, 0.15) is 31.3 Å². The average molecular weight is 513 g/mol. The van der Waals surface area contributed by atoms with Gasteiger partial charge in [0.15, 0.2) is 16.7 Å². The summed E-state index contributed by atoms with van der Waals surface area (Å²) in [5.41, 5.74) is 8.50. The highest BCUT2D eigenvalue weighted by Crippen LogP contribution is 2.28. The first-order chi connectivity index (χ1) is 18.4. The Kier molecular flexibility index (Phi) is 5.76. The number of aromatic nitrogens is 6. The fraction of sp³-hybridized carbons (Fsp3) is 0.370. The van der Waals surface area contributed by atoms with Crippen LogP contribution in [0.3, 0.4) is 0 Å². The van der Waals surface area contributed by atoms with Crippen molar-refractivity contribution in [2.24, 2.45) is 12.8 Å². The molecule has 5 heterocycles. The first-order valence-corrected chi connectivity index (χ1v) is 12.6. The van der Waals surface area contributed by atoms with Crippen molar-refractivity contribution in [2.45, 2.75) is 45.8 Å². The quantitative estimate of drug-likeness (QED) is 0.362. The van der Waals surface area contributed by atoms with Crippen LogP contribution in [0.5, 0.6) is 0 Å². The Morgan fingerprint density at radius 1 is 1.16 bits per heavy atom. The number of furan rings is 1. The first-order valence-electron chi connectivity index (χ1n) is 12.6. The van der Waals surface area contributed by atoms with Gasteiger partial charge < -0.3 is 15.1 Å². The molecule has 1 atom stereocenters. The van der Waals surface area contributed by atoms with Crippen LogP contribution in [0.4, 0.5) is 5.95 Å². The summed E-state index contributed by atoms with van der Waals surface area (Å²) in [4.78, 5) is 43.4. The number of imidazole rings is 1. The maximum atomic E-state index is 13.9. The lowest BCUT2D eigenvalue weighted by Crippen LogP contribution is -2.44. The minimum absolute atomic E-state index is 0.0176. The molecule has 38 heavy (non-hydrogen) atoms. The Labute approximate surface area is 217 Å². The number of fused-ring (bicyclic) bond motifs is 4. The van der Waals surface area contributed by atoms with Crippen LogP contribution in [-0.2, 0) is 20.1 Å². The van der Waals surface area contributed by atoms with Crippen molar-refractivity contribution in [1.82, 2.24) is 28.7 Å². The van der Waals surface area contributed by atoms with E-state index in [1.165, 1.54) is 4.57 Å². The van der Waals surface area contributed by atoms with Crippen molar-refractivity contribution < 1.29 is 4.42 Å². The molecule has 1 aliphatic rings. The van der Waals surface area contributed by atoms with Crippen LogP contribution < -0.4 is 21.9 Å². The number of piperidine rings is 1. The van der Waals surface area contributed by atoms with Gasteiger partial charge in [-0.05, 0) is 38.8 Å². The van der Waals surface area contributed by atoms with Crippen molar-refractivity contribution in [3.8, 4) is 11.8 Å². The zero-order valence-electron chi connectivity index (χ0n) is 21.6. The lowest BCUT2D eigenvalue weighted by molar-refractivity contribution is 0.496. The highest BCUT2D eigenvalue weighted by Gasteiger charge is 2.26. The van der Waals surface area contributed by atoms with E-state index >= 15 is 0 Å². The lowest BCUT2D eigenvalue weighted by Gasteiger charge is -2.31. The van der Waals surface area contributed by atoms with E-state index in [0.717, 1.165) is 29.3 Å². The number of hydrogen-bond acceptors (Lipinski definition) is 8. The second-order valence-electron chi connectivity index (χ2n) is 9.68. The minimum atomic E-state index is -0.492. The maximum absolute atomic E-state index is 13.9. The fourth-order valence-corrected chi connectivity index (χ4v) is 5.24. The zero-order chi connectivity index (χ0) is 26.6. The van der Waals surface area contributed by atoms with Gasteiger partial charge >= 0.3 is 5.69 Å². The Morgan fingerprint density at radius 2 is 1.97 bits per heavy atom. The molecule has 0 spiro atoms. The standard InChI is InChI=1S/C27H28N8O3/c1-4-5-13-34-22-24(31-26(34)33-12-8-9-17(28)14-33)32(3)27(37)35(25(22)36)15-20-29-16(2)23-21(30-20)18-10-6-7-11-19(18)38-23/h6-7,10-11,17H,8-9,12-15,28H2,1-3H3. The molecule has 1 unspecified atom stereocenters. The largest absolute Gasteiger partial charge is 0.452 e. The Hall–Kier alpha value is -4.43. The Bertz CT molecular complexity index is 1900. The predicted molar refractivity (Wildman–Crippen MR) is 145 cm³/mol. The first kappa shape index (κ1) is 23.9. The van der Waals surface area contributed by atoms with E-state index in [1.54, 1.807) is 18.5 Å². The third-order valence-corrected chi connectivity index (χ3v) is 7.10.